The molecule has 1 saturated carbocycles. The van der Waals surface area contributed by atoms with Crippen molar-refractivity contribution in [2.75, 3.05) is 6.54 Å². The minimum absolute atomic E-state index is 0.333. The molecule has 19 heavy (non-hydrogen) atoms. The van der Waals surface area contributed by atoms with Gasteiger partial charge in [0.1, 0.15) is 5.82 Å². The molecule has 2 unspecified atom stereocenters. The van der Waals surface area contributed by atoms with Crippen LogP contribution in [0, 0.1) is 11.2 Å². The van der Waals surface area contributed by atoms with Crippen molar-refractivity contribution in [1.29, 1.82) is 0 Å². The lowest BCUT2D eigenvalue weighted by molar-refractivity contribution is 0.144. The molecule has 2 nitrogen and oxygen atoms in total. The van der Waals surface area contributed by atoms with Crippen LogP contribution in [-0.2, 0) is 0 Å². The fourth-order valence-electron chi connectivity index (χ4n) is 3.01. The Morgan fingerprint density at radius 2 is 2.16 bits per heavy atom. The van der Waals surface area contributed by atoms with E-state index in [0.29, 0.717) is 23.6 Å². The van der Waals surface area contributed by atoms with Gasteiger partial charge in [-0.25, -0.2) is 4.39 Å². The second-order valence-electron chi connectivity index (χ2n) is 6.40. The van der Waals surface area contributed by atoms with E-state index in [4.69, 9.17) is 0 Å². The Bertz CT molecular complexity index is 419. The van der Waals surface area contributed by atoms with Gasteiger partial charge < -0.3 is 10.4 Å². The number of hydrogen-bond acceptors (Lipinski definition) is 2. The van der Waals surface area contributed by atoms with Gasteiger partial charge in [-0.05, 0) is 30.7 Å². The second-order valence-corrected chi connectivity index (χ2v) is 6.40. The first kappa shape index (κ1) is 14.5. The number of hydrogen-bond donors (Lipinski definition) is 2. The summed E-state index contributed by atoms with van der Waals surface area (Å²) in [4.78, 5) is 0. The van der Waals surface area contributed by atoms with Gasteiger partial charge >= 0.3 is 0 Å². The molecule has 0 aromatic heterocycles. The Balaban J connectivity index is 1.87. The molecule has 3 heteroatoms. The van der Waals surface area contributed by atoms with Gasteiger partial charge in [0, 0.05) is 18.2 Å². The highest BCUT2D eigenvalue weighted by atomic mass is 19.1. The third-order valence-electron chi connectivity index (χ3n) is 4.07. The summed E-state index contributed by atoms with van der Waals surface area (Å²) in [5, 5.41) is 13.4. The predicted molar refractivity (Wildman–Crippen MR) is 75.4 cm³/mol. The lowest BCUT2D eigenvalue weighted by atomic mass is 9.75. The Labute approximate surface area is 115 Å². The normalized spacial score (nSPS) is 24.1. The summed E-state index contributed by atoms with van der Waals surface area (Å²) in [5.74, 6) is -0.333. The molecule has 0 amide bonds. The predicted octanol–water partition coefficient (Wildman–Crippen LogP) is 3.42. The SMILES string of the molecule is CC1(C)CCCC(NCC(O)c2ccccc2F)C1. The molecule has 2 N–H and O–H groups in total. The Hall–Kier alpha value is -0.930. The van der Waals surface area contributed by atoms with Crippen LogP contribution in [0.5, 0.6) is 0 Å². The fraction of sp³-hybridized carbons (Fsp3) is 0.625. The molecule has 0 bridgehead atoms. The molecule has 0 saturated heterocycles. The monoisotopic (exact) mass is 265 g/mol. The Kier molecular flexibility index (Phi) is 4.58. The summed E-state index contributed by atoms with van der Waals surface area (Å²) in [6, 6.07) is 6.87. The Morgan fingerprint density at radius 3 is 2.84 bits per heavy atom. The number of halogens is 1. The van der Waals surface area contributed by atoms with Crippen molar-refractivity contribution in [3.8, 4) is 0 Å². The smallest absolute Gasteiger partial charge is 0.129 e. The van der Waals surface area contributed by atoms with Crippen LogP contribution in [0.25, 0.3) is 0 Å². The second kappa shape index (κ2) is 6.02. The van der Waals surface area contributed by atoms with E-state index in [9.17, 15) is 9.50 Å². The number of aliphatic hydroxyl groups is 1. The average Bonchev–Trinajstić information content (AvgIpc) is 2.35. The first-order valence-electron chi connectivity index (χ1n) is 7.14. The third-order valence-corrected chi connectivity index (χ3v) is 4.07. The molecule has 1 aliphatic rings. The molecule has 1 aromatic carbocycles. The minimum atomic E-state index is -0.772. The van der Waals surface area contributed by atoms with Gasteiger partial charge in [0.05, 0.1) is 6.10 Å². The lowest BCUT2D eigenvalue weighted by Crippen LogP contribution is -2.39. The van der Waals surface area contributed by atoms with Gasteiger partial charge in [0.2, 0.25) is 0 Å². The summed E-state index contributed by atoms with van der Waals surface area (Å²) in [7, 11) is 0. The highest BCUT2D eigenvalue weighted by Crippen LogP contribution is 2.35. The van der Waals surface area contributed by atoms with E-state index < -0.39 is 6.10 Å². The first-order chi connectivity index (χ1) is 8.98. The van der Waals surface area contributed by atoms with Crippen LogP contribution in [0.15, 0.2) is 24.3 Å². The fourth-order valence-corrected chi connectivity index (χ4v) is 3.01. The molecule has 1 aromatic rings. The van der Waals surface area contributed by atoms with Crippen molar-refractivity contribution < 1.29 is 9.50 Å². The molecule has 2 rings (SSSR count). The number of nitrogens with one attached hydrogen (secondary N) is 1. The van der Waals surface area contributed by atoms with Gasteiger partial charge in [-0.1, -0.05) is 38.5 Å². The van der Waals surface area contributed by atoms with Crippen molar-refractivity contribution in [2.24, 2.45) is 5.41 Å². The molecule has 0 heterocycles. The largest absolute Gasteiger partial charge is 0.387 e. The molecule has 2 atom stereocenters. The molecule has 0 aliphatic heterocycles. The van der Waals surface area contributed by atoms with E-state index in [2.05, 4.69) is 19.2 Å². The maximum Gasteiger partial charge on any atom is 0.129 e. The molecule has 1 aliphatic carbocycles. The quantitative estimate of drug-likeness (QED) is 0.874. The maximum absolute atomic E-state index is 13.5. The highest BCUT2D eigenvalue weighted by molar-refractivity contribution is 5.20. The summed E-state index contributed by atoms with van der Waals surface area (Å²) in [5.41, 5.74) is 0.754. The average molecular weight is 265 g/mol. The van der Waals surface area contributed by atoms with E-state index in [1.807, 2.05) is 0 Å². The standard InChI is InChI=1S/C16H24FNO/c1-16(2)9-5-6-12(10-16)18-11-15(19)13-7-3-4-8-14(13)17/h3-4,7-8,12,15,18-19H,5-6,9-11H2,1-2H3. The zero-order valence-electron chi connectivity index (χ0n) is 11.8. The summed E-state index contributed by atoms with van der Waals surface area (Å²) < 4.78 is 13.5. The van der Waals surface area contributed by atoms with Crippen LogP contribution < -0.4 is 5.32 Å². The van der Waals surface area contributed by atoms with Crippen LogP contribution in [0.4, 0.5) is 4.39 Å². The van der Waals surface area contributed by atoms with Crippen LogP contribution in [-0.4, -0.2) is 17.7 Å². The third kappa shape index (κ3) is 4.02. The Morgan fingerprint density at radius 1 is 1.42 bits per heavy atom. The number of benzene rings is 1. The van der Waals surface area contributed by atoms with Crippen LogP contribution in [0.3, 0.4) is 0 Å². The van der Waals surface area contributed by atoms with E-state index in [0.717, 1.165) is 12.8 Å². The van der Waals surface area contributed by atoms with E-state index in [1.165, 1.54) is 18.9 Å². The zero-order valence-corrected chi connectivity index (χ0v) is 11.8. The van der Waals surface area contributed by atoms with Crippen LogP contribution >= 0.6 is 0 Å². The van der Waals surface area contributed by atoms with Gasteiger partial charge in [0.25, 0.3) is 0 Å². The van der Waals surface area contributed by atoms with Crippen molar-refractivity contribution in [3.05, 3.63) is 35.6 Å². The summed E-state index contributed by atoms with van der Waals surface area (Å²) in [6.45, 7) is 4.99. The van der Waals surface area contributed by atoms with Gasteiger partial charge in [-0.15, -0.1) is 0 Å². The van der Waals surface area contributed by atoms with Crippen molar-refractivity contribution in [2.45, 2.75) is 51.7 Å². The maximum atomic E-state index is 13.5. The minimum Gasteiger partial charge on any atom is -0.387 e. The van der Waals surface area contributed by atoms with Crippen molar-refractivity contribution in [1.82, 2.24) is 5.32 Å². The van der Waals surface area contributed by atoms with Gasteiger partial charge in [0.15, 0.2) is 0 Å². The van der Waals surface area contributed by atoms with E-state index in [1.54, 1.807) is 18.2 Å². The zero-order chi connectivity index (χ0) is 13.9. The number of aliphatic hydroxyl groups excluding tert-OH is 1. The number of rotatable bonds is 4. The van der Waals surface area contributed by atoms with E-state index in [-0.39, 0.29) is 5.82 Å². The van der Waals surface area contributed by atoms with Crippen molar-refractivity contribution in [3.63, 3.8) is 0 Å². The van der Waals surface area contributed by atoms with Crippen LogP contribution in [0.2, 0.25) is 0 Å². The topological polar surface area (TPSA) is 32.3 Å². The molecule has 0 spiro atoms. The first-order valence-corrected chi connectivity index (χ1v) is 7.14. The van der Waals surface area contributed by atoms with Crippen molar-refractivity contribution >= 4 is 0 Å². The van der Waals surface area contributed by atoms with Gasteiger partial charge in [-0.3, -0.25) is 0 Å². The molecular weight excluding hydrogens is 241 g/mol. The highest BCUT2D eigenvalue weighted by Gasteiger charge is 2.28. The lowest BCUT2D eigenvalue weighted by Gasteiger charge is -2.36. The van der Waals surface area contributed by atoms with Crippen LogP contribution in [0.1, 0.15) is 51.2 Å². The summed E-state index contributed by atoms with van der Waals surface area (Å²) in [6.07, 6.45) is 3.98. The molecule has 106 valence electrons. The van der Waals surface area contributed by atoms with E-state index >= 15 is 0 Å². The molecule has 1 fully saturated rings. The summed E-state index contributed by atoms with van der Waals surface area (Å²) >= 11 is 0. The molecular formula is C16H24FNO. The molecule has 0 radical (unpaired) electrons. The van der Waals surface area contributed by atoms with Gasteiger partial charge in [-0.2, -0.15) is 0 Å².